The molecule has 1 unspecified atom stereocenters. The maximum Gasteiger partial charge on any atom is 0.239 e. The standard InChI is InChI=1S/C10H18N4O2/c1-4-14(3)10(16)8(2)13-7-9(15)12-6-5-11/h8,13H,4,6-7H2,1-3H3,(H,12,15). The average Bonchev–Trinajstić information content (AvgIpc) is 2.31. The summed E-state index contributed by atoms with van der Waals surface area (Å²) in [5.41, 5.74) is 0. The molecule has 1 atom stereocenters. The lowest BCUT2D eigenvalue weighted by molar-refractivity contribution is -0.131. The van der Waals surface area contributed by atoms with E-state index >= 15 is 0 Å². The van der Waals surface area contributed by atoms with Gasteiger partial charge < -0.3 is 10.2 Å². The molecular formula is C10H18N4O2. The Morgan fingerprint density at radius 3 is 2.62 bits per heavy atom. The van der Waals surface area contributed by atoms with Crippen molar-refractivity contribution in [3.63, 3.8) is 0 Å². The normalized spacial score (nSPS) is 11.4. The second kappa shape index (κ2) is 7.65. The van der Waals surface area contributed by atoms with E-state index in [0.717, 1.165) is 0 Å². The van der Waals surface area contributed by atoms with Gasteiger partial charge in [0.1, 0.15) is 6.54 Å². The highest BCUT2D eigenvalue weighted by Gasteiger charge is 2.16. The van der Waals surface area contributed by atoms with Crippen LogP contribution in [-0.2, 0) is 9.59 Å². The molecule has 0 heterocycles. The highest BCUT2D eigenvalue weighted by atomic mass is 16.2. The third kappa shape index (κ3) is 5.32. The largest absolute Gasteiger partial charge is 0.345 e. The van der Waals surface area contributed by atoms with Crippen LogP contribution >= 0.6 is 0 Å². The fourth-order valence-corrected chi connectivity index (χ4v) is 1.02. The third-order valence-corrected chi connectivity index (χ3v) is 2.15. The molecule has 90 valence electrons. The predicted octanol–water partition coefficient (Wildman–Crippen LogP) is -0.917. The first-order chi connectivity index (χ1) is 7.52. The van der Waals surface area contributed by atoms with Crippen molar-refractivity contribution >= 4 is 11.8 Å². The van der Waals surface area contributed by atoms with Crippen LogP contribution in [0.4, 0.5) is 0 Å². The van der Waals surface area contributed by atoms with Gasteiger partial charge in [0.05, 0.1) is 18.7 Å². The number of carbonyl (C=O) groups is 2. The van der Waals surface area contributed by atoms with E-state index in [1.807, 2.05) is 6.92 Å². The van der Waals surface area contributed by atoms with E-state index in [0.29, 0.717) is 6.54 Å². The van der Waals surface area contributed by atoms with Crippen LogP contribution in [0.3, 0.4) is 0 Å². The lowest BCUT2D eigenvalue weighted by Gasteiger charge is -2.20. The molecule has 6 heteroatoms. The fraction of sp³-hybridized carbons (Fsp3) is 0.700. The van der Waals surface area contributed by atoms with Gasteiger partial charge in [0.25, 0.3) is 0 Å². The molecule has 0 spiro atoms. The minimum absolute atomic E-state index is 0.0162. The lowest BCUT2D eigenvalue weighted by Crippen LogP contribution is -2.46. The molecule has 2 amide bonds. The van der Waals surface area contributed by atoms with E-state index in [1.165, 1.54) is 0 Å². The number of hydrogen-bond donors (Lipinski definition) is 2. The number of hydrogen-bond acceptors (Lipinski definition) is 4. The Balaban J connectivity index is 3.89. The van der Waals surface area contributed by atoms with Crippen LogP contribution in [-0.4, -0.2) is 49.4 Å². The molecule has 0 fully saturated rings. The fourth-order valence-electron chi connectivity index (χ4n) is 1.02. The third-order valence-electron chi connectivity index (χ3n) is 2.15. The first-order valence-corrected chi connectivity index (χ1v) is 5.14. The van der Waals surface area contributed by atoms with Gasteiger partial charge in [-0.05, 0) is 13.8 Å². The molecule has 2 N–H and O–H groups in total. The zero-order valence-corrected chi connectivity index (χ0v) is 9.91. The Hall–Kier alpha value is -1.61. The molecule has 16 heavy (non-hydrogen) atoms. The molecule has 0 aromatic heterocycles. The Bertz CT molecular complexity index is 285. The number of nitrogens with one attached hydrogen (secondary N) is 2. The topological polar surface area (TPSA) is 85.2 Å². The van der Waals surface area contributed by atoms with Crippen LogP contribution in [0.15, 0.2) is 0 Å². The van der Waals surface area contributed by atoms with Crippen LogP contribution < -0.4 is 10.6 Å². The molecule has 0 aliphatic heterocycles. The van der Waals surface area contributed by atoms with Gasteiger partial charge >= 0.3 is 0 Å². The van der Waals surface area contributed by atoms with Gasteiger partial charge in [0.2, 0.25) is 11.8 Å². The molecular weight excluding hydrogens is 208 g/mol. The average molecular weight is 226 g/mol. The molecule has 0 saturated carbocycles. The number of rotatable bonds is 6. The summed E-state index contributed by atoms with van der Waals surface area (Å²) in [6, 6.07) is 1.40. The monoisotopic (exact) mass is 226 g/mol. The Morgan fingerprint density at radius 1 is 1.50 bits per heavy atom. The number of nitriles is 1. The first kappa shape index (κ1) is 14.4. The van der Waals surface area contributed by atoms with Crippen molar-refractivity contribution in [2.45, 2.75) is 19.9 Å². The van der Waals surface area contributed by atoms with Crippen molar-refractivity contribution < 1.29 is 9.59 Å². The van der Waals surface area contributed by atoms with Crippen LogP contribution in [0.5, 0.6) is 0 Å². The van der Waals surface area contributed by atoms with Crippen LogP contribution in [0.2, 0.25) is 0 Å². The van der Waals surface area contributed by atoms with E-state index in [1.54, 1.807) is 24.9 Å². The lowest BCUT2D eigenvalue weighted by atomic mass is 10.3. The van der Waals surface area contributed by atoms with Crippen molar-refractivity contribution in [3.8, 4) is 6.07 Å². The number of likely N-dealkylation sites (N-methyl/N-ethyl adjacent to an activating group) is 1. The molecule has 0 bridgehead atoms. The van der Waals surface area contributed by atoms with Crippen LogP contribution in [0.1, 0.15) is 13.8 Å². The number of amides is 2. The minimum Gasteiger partial charge on any atom is -0.345 e. The number of nitrogens with zero attached hydrogens (tertiary/aromatic N) is 2. The SMILES string of the molecule is CCN(C)C(=O)C(C)NCC(=O)NCC#N. The molecule has 0 rings (SSSR count). The van der Waals surface area contributed by atoms with Gasteiger partial charge in [-0.3, -0.25) is 14.9 Å². The highest BCUT2D eigenvalue weighted by Crippen LogP contribution is 1.90. The molecule has 0 aliphatic carbocycles. The Labute approximate surface area is 95.6 Å². The summed E-state index contributed by atoms with van der Waals surface area (Å²) in [6.45, 7) is 4.23. The van der Waals surface area contributed by atoms with Gasteiger partial charge in [0.15, 0.2) is 0 Å². The Morgan fingerprint density at radius 2 is 2.12 bits per heavy atom. The summed E-state index contributed by atoms with van der Waals surface area (Å²) in [6.07, 6.45) is 0. The van der Waals surface area contributed by atoms with Crippen LogP contribution in [0.25, 0.3) is 0 Å². The van der Waals surface area contributed by atoms with Crippen molar-refractivity contribution in [2.75, 3.05) is 26.7 Å². The number of carbonyl (C=O) groups excluding carboxylic acids is 2. The van der Waals surface area contributed by atoms with Gasteiger partial charge in [-0.2, -0.15) is 5.26 Å². The summed E-state index contributed by atoms with van der Waals surface area (Å²) in [5, 5.41) is 13.4. The van der Waals surface area contributed by atoms with Gasteiger partial charge in [0, 0.05) is 13.6 Å². The summed E-state index contributed by atoms with van der Waals surface area (Å²) >= 11 is 0. The smallest absolute Gasteiger partial charge is 0.239 e. The van der Waals surface area contributed by atoms with Crippen molar-refractivity contribution in [1.82, 2.24) is 15.5 Å². The quantitative estimate of drug-likeness (QED) is 0.574. The zero-order chi connectivity index (χ0) is 12.6. The van der Waals surface area contributed by atoms with Crippen LogP contribution in [0, 0.1) is 11.3 Å². The van der Waals surface area contributed by atoms with Gasteiger partial charge in [-0.1, -0.05) is 0 Å². The molecule has 0 radical (unpaired) electrons. The van der Waals surface area contributed by atoms with Crippen molar-refractivity contribution in [1.29, 1.82) is 5.26 Å². The molecule has 0 aliphatic rings. The Kier molecular flexibility index (Phi) is 6.88. The molecule has 0 aromatic rings. The van der Waals surface area contributed by atoms with E-state index in [9.17, 15) is 9.59 Å². The zero-order valence-electron chi connectivity index (χ0n) is 9.91. The maximum atomic E-state index is 11.6. The maximum absolute atomic E-state index is 11.6. The van der Waals surface area contributed by atoms with Crippen molar-refractivity contribution in [2.24, 2.45) is 0 Å². The first-order valence-electron chi connectivity index (χ1n) is 5.14. The summed E-state index contributed by atoms with van der Waals surface area (Å²) in [5.74, 6) is -0.351. The molecule has 0 aromatic carbocycles. The highest BCUT2D eigenvalue weighted by molar-refractivity contribution is 5.83. The molecule has 6 nitrogen and oxygen atoms in total. The van der Waals surface area contributed by atoms with E-state index in [4.69, 9.17) is 5.26 Å². The summed E-state index contributed by atoms with van der Waals surface area (Å²) < 4.78 is 0. The molecule has 0 saturated heterocycles. The summed E-state index contributed by atoms with van der Waals surface area (Å²) in [7, 11) is 1.70. The second-order valence-corrected chi connectivity index (χ2v) is 3.39. The van der Waals surface area contributed by atoms with Crippen molar-refractivity contribution in [3.05, 3.63) is 0 Å². The van der Waals surface area contributed by atoms with E-state index < -0.39 is 6.04 Å². The summed E-state index contributed by atoms with van der Waals surface area (Å²) in [4.78, 5) is 24.3. The van der Waals surface area contributed by atoms with Gasteiger partial charge in [-0.15, -0.1) is 0 Å². The minimum atomic E-state index is -0.405. The van der Waals surface area contributed by atoms with E-state index in [2.05, 4.69) is 10.6 Å². The second-order valence-electron chi connectivity index (χ2n) is 3.39. The van der Waals surface area contributed by atoms with Gasteiger partial charge in [-0.25, -0.2) is 0 Å². The predicted molar refractivity (Wildman–Crippen MR) is 59.4 cm³/mol. The van der Waals surface area contributed by atoms with E-state index in [-0.39, 0.29) is 24.9 Å².